The second-order valence-corrected chi connectivity index (χ2v) is 8.53. The summed E-state index contributed by atoms with van der Waals surface area (Å²) in [5, 5.41) is 3.45. The highest BCUT2D eigenvalue weighted by atomic mass is 127. The van der Waals surface area contributed by atoms with Crippen LogP contribution >= 0.6 is 22.6 Å². The van der Waals surface area contributed by atoms with Crippen LogP contribution in [-0.4, -0.2) is 25.3 Å². The smallest absolute Gasteiger partial charge is 0.174 e. The van der Waals surface area contributed by atoms with E-state index in [1.54, 1.807) is 7.11 Å². The highest BCUT2D eigenvalue weighted by Gasteiger charge is 2.40. The van der Waals surface area contributed by atoms with E-state index in [1.807, 2.05) is 19.1 Å². The van der Waals surface area contributed by atoms with E-state index in [0.717, 1.165) is 57.4 Å². The molecule has 6 heteroatoms. The number of halogens is 1. The van der Waals surface area contributed by atoms with E-state index in [1.165, 1.54) is 0 Å². The van der Waals surface area contributed by atoms with Crippen molar-refractivity contribution in [2.75, 3.05) is 13.7 Å². The summed E-state index contributed by atoms with van der Waals surface area (Å²) in [5.41, 5.74) is 4.46. The number of carbonyl (C=O) groups is 2. The van der Waals surface area contributed by atoms with Gasteiger partial charge in [-0.1, -0.05) is 0 Å². The van der Waals surface area contributed by atoms with Crippen molar-refractivity contribution in [1.82, 2.24) is 5.32 Å². The first kappa shape index (κ1) is 19.5. The van der Waals surface area contributed by atoms with Crippen LogP contribution in [-0.2, 0) is 9.59 Å². The number of Topliss-reactive ketones (excluding diaryl/α,β-unsaturated/α-hetero) is 2. The number of rotatable bonds is 4. The van der Waals surface area contributed by atoms with Crippen molar-refractivity contribution >= 4 is 34.2 Å². The van der Waals surface area contributed by atoms with Gasteiger partial charge in [0.05, 0.1) is 17.3 Å². The van der Waals surface area contributed by atoms with Crippen molar-refractivity contribution in [2.24, 2.45) is 0 Å². The normalized spacial score (nSPS) is 20.0. The molecule has 0 amide bonds. The van der Waals surface area contributed by atoms with Crippen LogP contribution in [0.1, 0.15) is 56.9 Å². The monoisotopic (exact) mass is 493 g/mol. The van der Waals surface area contributed by atoms with Crippen LogP contribution in [0.2, 0.25) is 0 Å². The molecule has 1 aromatic rings. The number of benzene rings is 1. The van der Waals surface area contributed by atoms with Crippen molar-refractivity contribution < 1.29 is 19.1 Å². The predicted molar refractivity (Wildman–Crippen MR) is 115 cm³/mol. The van der Waals surface area contributed by atoms with Gasteiger partial charge < -0.3 is 14.8 Å². The molecule has 5 nitrogen and oxygen atoms in total. The van der Waals surface area contributed by atoms with E-state index < -0.39 is 0 Å². The molecule has 0 unspecified atom stereocenters. The number of carbonyl (C=O) groups excluding carboxylic acids is 2. The standard InChI is InChI=1S/C22H24INO4/c1-3-28-18-11-12(10-13(23)22(18)27-2)19-20-14(6-4-8-16(20)25)24-15-7-5-9-17(26)21(15)19/h10-11,19,24H,3-9H2,1-2H3. The van der Waals surface area contributed by atoms with Crippen molar-refractivity contribution in [3.8, 4) is 11.5 Å². The van der Waals surface area contributed by atoms with Crippen molar-refractivity contribution in [1.29, 1.82) is 0 Å². The molecule has 0 saturated carbocycles. The van der Waals surface area contributed by atoms with Crippen molar-refractivity contribution in [3.05, 3.63) is 43.8 Å². The molecule has 28 heavy (non-hydrogen) atoms. The van der Waals surface area contributed by atoms with Crippen molar-refractivity contribution in [3.63, 3.8) is 0 Å². The quantitative estimate of drug-likeness (QED) is 0.631. The molecule has 4 rings (SSSR count). The third-order valence-corrected chi connectivity index (χ3v) is 6.46. The first-order chi connectivity index (χ1) is 13.5. The summed E-state index contributed by atoms with van der Waals surface area (Å²) in [6.07, 6.45) is 4.51. The summed E-state index contributed by atoms with van der Waals surface area (Å²) < 4.78 is 12.3. The highest BCUT2D eigenvalue weighted by molar-refractivity contribution is 14.1. The van der Waals surface area contributed by atoms with Gasteiger partial charge in [-0.15, -0.1) is 0 Å². The van der Waals surface area contributed by atoms with Gasteiger partial charge in [-0.3, -0.25) is 9.59 Å². The van der Waals surface area contributed by atoms with Gasteiger partial charge in [0.2, 0.25) is 0 Å². The molecule has 0 bridgehead atoms. The number of methoxy groups -OCH3 is 1. The summed E-state index contributed by atoms with van der Waals surface area (Å²) in [6, 6.07) is 3.97. The molecule has 0 saturated heterocycles. The molecule has 1 aromatic carbocycles. The maximum atomic E-state index is 12.9. The average Bonchev–Trinajstić information content (AvgIpc) is 2.67. The number of dihydropyridines is 1. The molecule has 0 spiro atoms. The van der Waals surface area contributed by atoms with E-state index >= 15 is 0 Å². The number of nitrogens with one attached hydrogen (secondary N) is 1. The maximum Gasteiger partial charge on any atom is 0.174 e. The first-order valence-electron chi connectivity index (χ1n) is 9.84. The average molecular weight is 493 g/mol. The van der Waals surface area contributed by atoms with Gasteiger partial charge in [0, 0.05) is 41.3 Å². The fraction of sp³-hybridized carbons (Fsp3) is 0.455. The third kappa shape index (κ3) is 3.25. The van der Waals surface area contributed by atoms with E-state index in [9.17, 15) is 9.59 Å². The molecule has 0 radical (unpaired) electrons. The Labute approximate surface area is 178 Å². The zero-order valence-corrected chi connectivity index (χ0v) is 18.4. The summed E-state index contributed by atoms with van der Waals surface area (Å²) >= 11 is 2.23. The van der Waals surface area contributed by atoms with E-state index in [-0.39, 0.29) is 17.5 Å². The molecular weight excluding hydrogens is 469 g/mol. The van der Waals surface area contributed by atoms with Gasteiger partial charge >= 0.3 is 0 Å². The number of hydrogen-bond donors (Lipinski definition) is 1. The van der Waals surface area contributed by atoms with E-state index in [4.69, 9.17) is 9.47 Å². The van der Waals surface area contributed by atoms with E-state index in [2.05, 4.69) is 27.9 Å². The molecule has 1 aliphatic heterocycles. The Balaban J connectivity index is 1.92. The van der Waals surface area contributed by atoms with Crippen LogP contribution in [0, 0.1) is 3.57 Å². The van der Waals surface area contributed by atoms with E-state index in [0.29, 0.717) is 30.9 Å². The number of allylic oxidation sites excluding steroid dienone is 4. The van der Waals surface area contributed by atoms with Crippen LogP contribution < -0.4 is 14.8 Å². The fourth-order valence-electron chi connectivity index (χ4n) is 4.53. The third-order valence-electron chi connectivity index (χ3n) is 5.66. The molecule has 0 fully saturated rings. The molecule has 3 aliphatic rings. The first-order valence-corrected chi connectivity index (χ1v) is 10.9. The topological polar surface area (TPSA) is 64.6 Å². The van der Waals surface area contributed by atoms with Gasteiger partial charge in [-0.25, -0.2) is 0 Å². The summed E-state index contributed by atoms with van der Waals surface area (Å²) in [7, 11) is 1.63. The summed E-state index contributed by atoms with van der Waals surface area (Å²) in [6.45, 7) is 2.45. The largest absolute Gasteiger partial charge is 0.492 e. The van der Waals surface area contributed by atoms with Crippen LogP contribution in [0.15, 0.2) is 34.7 Å². The van der Waals surface area contributed by atoms with Crippen LogP contribution in [0.25, 0.3) is 0 Å². The zero-order valence-electron chi connectivity index (χ0n) is 16.2. The van der Waals surface area contributed by atoms with Crippen LogP contribution in [0.5, 0.6) is 11.5 Å². The van der Waals surface area contributed by atoms with Gasteiger partial charge in [0.15, 0.2) is 23.1 Å². The zero-order chi connectivity index (χ0) is 19.8. The lowest BCUT2D eigenvalue weighted by Crippen LogP contribution is -2.36. The Morgan fingerprint density at radius 2 is 1.64 bits per heavy atom. The molecule has 2 aliphatic carbocycles. The maximum absolute atomic E-state index is 12.9. The lowest BCUT2D eigenvalue weighted by atomic mass is 9.71. The summed E-state index contributed by atoms with van der Waals surface area (Å²) in [5.74, 6) is 1.32. The Morgan fingerprint density at radius 1 is 1.04 bits per heavy atom. The predicted octanol–water partition coefficient (Wildman–Crippen LogP) is 4.40. The number of ketones is 2. The highest BCUT2D eigenvalue weighted by Crippen LogP contribution is 2.47. The van der Waals surface area contributed by atoms with Crippen molar-refractivity contribution in [2.45, 2.75) is 51.4 Å². The van der Waals surface area contributed by atoms with Gasteiger partial charge in [0.25, 0.3) is 0 Å². The minimum absolute atomic E-state index is 0.146. The SMILES string of the molecule is CCOc1cc(C2C3=C(CCCC3=O)NC3=C2C(=O)CCC3)cc(I)c1OC. The Hall–Kier alpha value is -1.83. The number of hydrogen-bond acceptors (Lipinski definition) is 5. The lowest BCUT2D eigenvalue weighted by Gasteiger charge is -2.37. The second kappa shape index (κ2) is 7.89. The minimum atomic E-state index is -0.314. The summed E-state index contributed by atoms with van der Waals surface area (Å²) in [4.78, 5) is 25.8. The molecule has 148 valence electrons. The Morgan fingerprint density at radius 3 is 2.18 bits per heavy atom. The number of ether oxygens (including phenoxy) is 2. The molecule has 0 aromatic heterocycles. The van der Waals surface area contributed by atoms with Crippen LogP contribution in [0.4, 0.5) is 0 Å². The van der Waals surface area contributed by atoms with Gasteiger partial charge in [0.1, 0.15) is 0 Å². The lowest BCUT2D eigenvalue weighted by molar-refractivity contribution is -0.116. The fourth-order valence-corrected chi connectivity index (χ4v) is 5.38. The second-order valence-electron chi connectivity index (χ2n) is 7.36. The molecule has 0 atom stereocenters. The van der Waals surface area contributed by atoms with Gasteiger partial charge in [-0.2, -0.15) is 0 Å². The van der Waals surface area contributed by atoms with Crippen LogP contribution in [0.3, 0.4) is 0 Å². The Bertz CT molecular complexity index is 873. The van der Waals surface area contributed by atoms with Gasteiger partial charge in [-0.05, 0) is 72.9 Å². The molecular formula is C22H24INO4. The Kier molecular flexibility index (Phi) is 5.49. The molecule has 1 heterocycles. The minimum Gasteiger partial charge on any atom is -0.492 e. The molecule has 1 N–H and O–H groups in total.